The molecule has 10 nitrogen and oxygen atoms in total. The van der Waals surface area contributed by atoms with Crippen molar-refractivity contribution in [1.82, 2.24) is 15.0 Å². The van der Waals surface area contributed by atoms with Crippen molar-refractivity contribution in [3.8, 4) is 17.2 Å². The van der Waals surface area contributed by atoms with Gasteiger partial charge in [-0.15, -0.1) is 5.10 Å². The molecule has 2 heterocycles. The highest BCUT2D eigenvalue weighted by molar-refractivity contribution is 7.99. The Bertz CT molecular complexity index is 1420. The molecule has 0 saturated carbocycles. The zero-order valence-corrected chi connectivity index (χ0v) is 19.3. The topological polar surface area (TPSA) is 121 Å². The number of aromatic nitrogens is 3. The van der Waals surface area contributed by atoms with Crippen molar-refractivity contribution in [2.45, 2.75) is 16.7 Å². The summed E-state index contributed by atoms with van der Waals surface area (Å²) in [7, 11) is 0. The molecule has 0 bridgehead atoms. The summed E-state index contributed by atoms with van der Waals surface area (Å²) in [6, 6.07) is 19.3. The predicted molar refractivity (Wildman–Crippen MR) is 129 cm³/mol. The van der Waals surface area contributed by atoms with Crippen LogP contribution < -0.4 is 14.8 Å². The molecule has 0 radical (unpaired) electrons. The Hall–Kier alpha value is -4.38. The molecule has 0 atom stereocenters. The number of ether oxygens (including phenoxy) is 2. The highest BCUT2D eigenvalue weighted by Crippen LogP contribution is 2.42. The fraction of sp³-hybridized carbons (Fsp3) is 0.125. The minimum Gasteiger partial charge on any atom is -0.486 e. The first-order valence-electron chi connectivity index (χ1n) is 10.6. The van der Waals surface area contributed by atoms with E-state index >= 15 is 0 Å². The van der Waals surface area contributed by atoms with Gasteiger partial charge >= 0.3 is 0 Å². The highest BCUT2D eigenvalue weighted by atomic mass is 32.2. The fourth-order valence-electron chi connectivity index (χ4n) is 3.57. The number of carbonyl (C=O) groups excluding carboxylic acids is 1. The second-order valence-corrected chi connectivity index (χ2v) is 8.69. The third kappa shape index (κ3) is 4.66. The molecule has 4 aromatic rings. The Morgan fingerprint density at radius 3 is 2.54 bits per heavy atom. The van der Waals surface area contributed by atoms with E-state index in [0.717, 1.165) is 9.79 Å². The number of nitro benzene ring substituents is 1. The Kier molecular flexibility index (Phi) is 6.06. The van der Waals surface area contributed by atoms with Crippen LogP contribution >= 0.6 is 11.8 Å². The van der Waals surface area contributed by atoms with E-state index in [9.17, 15) is 14.9 Å². The number of hydrogen-bond donors (Lipinski definition) is 1. The number of amides is 1. The van der Waals surface area contributed by atoms with E-state index in [1.807, 2.05) is 36.4 Å². The van der Waals surface area contributed by atoms with E-state index in [4.69, 9.17) is 9.47 Å². The first-order valence-corrected chi connectivity index (χ1v) is 11.5. The SMILES string of the molecule is Cc1c(C(=O)Nc2cc3c(cc2Sc2ccccc2)OCCO3)nnn1-c1cccc([N+](=O)[O-])c1. The summed E-state index contributed by atoms with van der Waals surface area (Å²) in [6.07, 6.45) is 0. The van der Waals surface area contributed by atoms with Gasteiger partial charge in [-0.25, -0.2) is 4.68 Å². The molecule has 1 amide bonds. The van der Waals surface area contributed by atoms with E-state index in [2.05, 4.69) is 15.6 Å². The second-order valence-electron chi connectivity index (χ2n) is 7.57. The van der Waals surface area contributed by atoms with Crippen molar-refractivity contribution < 1.29 is 19.2 Å². The van der Waals surface area contributed by atoms with Crippen LogP contribution in [0, 0.1) is 17.0 Å². The molecular formula is C24H19N5O5S. The number of nitrogens with zero attached hydrogens (tertiary/aromatic N) is 4. The normalized spacial score (nSPS) is 12.3. The van der Waals surface area contributed by atoms with Gasteiger partial charge in [-0.05, 0) is 25.1 Å². The molecule has 5 rings (SSSR count). The van der Waals surface area contributed by atoms with E-state index in [1.54, 1.807) is 25.1 Å². The van der Waals surface area contributed by atoms with Gasteiger partial charge in [0.05, 0.1) is 22.0 Å². The maximum absolute atomic E-state index is 13.2. The minimum atomic E-state index is -0.489. The van der Waals surface area contributed by atoms with Crippen LogP contribution in [0.5, 0.6) is 11.5 Å². The van der Waals surface area contributed by atoms with Crippen LogP contribution in [0.4, 0.5) is 11.4 Å². The second kappa shape index (κ2) is 9.47. The van der Waals surface area contributed by atoms with Gasteiger partial charge in [0.15, 0.2) is 17.2 Å². The Morgan fingerprint density at radius 2 is 1.80 bits per heavy atom. The lowest BCUT2D eigenvalue weighted by Gasteiger charge is -2.21. The molecule has 11 heteroatoms. The van der Waals surface area contributed by atoms with Crippen LogP contribution in [0.2, 0.25) is 0 Å². The number of nitro groups is 1. The number of benzene rings is 3. The van der Waals surface area contributed by atoms with Crippen LogP contribution in [0.1, 0.15) is 16.2 Å². The Morgan fingerprint density at radius 1 is 1.06 bits per heavy atom. The molecule has 0 unspecified atom stereocenters. The summed E-state index contributed by atoms with van der Waals surface area (Å²) < 4.78 is 12.8. The van der Waals surface area contributed by atoms with Crippen LogP contribution in [0.3, 0.4) is 0 Å². The van der Waals surface area contributed by atoms with Gasteiger partial charge in [0.2, 0.25) is 0 Å². The van der Waals surface area contributed by atoms with Crippen molar-refractivity contribution in [2.24, 2.45) is 0 Å². The first kappa shape index (κ1) is 22.4. The number of anilines is 1. The van der Waals surface area contributed by atoms with E-state index in [0.29, 0.717) is 41.8 Å². The van der Waals surface area contributed by atoms with E-state index in [1.165, 1.54) is 28.6 Å². The fourth-order valence-corrected chi connectivity index (χ4v) is 4.50. The van der Waals surface area contributed by atoms with Gasteiger partial charge < -0.3 is 14.8 Å². The average Bonchev–Trinajstić information content (AvgIpc) is 3.26. The summed E-state index contributed by atoms with van der Waals surface area (Å²) in [4.78, 5) is 25.6. The third-order valence-corrected chi connectivity index (χ3v) is 6.32. The number of hydrogen-bond acceptors (Lipinski definition) is 8. The van der Waals surface area contributed by atoms with Crippen LogP contribution in [0.25, 0.3) is 5.69 Å². The molecule has 0 fully saturated rings. The summed E-state index contributed by atoms with van der Waals surface area (Å²) in [5, 5.41) is 22.1. The lowest BCUT2D eigenvalue weighted by molar-refractivity contribution is -0.384. The third-order valence-electron chi connectivity index (χ3n) is 5.26. The number of rotatable bonds is 6. The molecule has 0 spiro atoms. The number of fused-ring (bicyclic) bond motifs is 1. The maximum atomic E-state index is 13.2. The molecule has 0 saturated heterocycles. The summed E-state index contributed by atoms with van der Waals surface area (Å²) in [6.45, 7) is 2.55. The summed E-state index contributed by atoms with van der Waals surface area (Å²) in [5.41, 5.74) is 1.43. The van der Waals surface area contributed by atoms with Gasteiger partial charge in [0, 0.05) is 34.1 Å². The molecule has 1 aliphatic rings. The monoisotopic (exact) mass is 489 g/mol. The Labute approximate surface area is 204 Å². The molecule has 0 aliphatic carbocycles. The number of non-ortho nitro benzene ring substituents is 1. The van der Waals surface area contributed by atoms with E-state index in [-0.39, 0.29) is 11.4 Å². The smallest absolute Gasteiger partial charge is 0.278 e. The molecular weight excluding hydrogens is 470 g/mol. The quantitative estimate of drug-likeness (QED) is 0.307. The average molecular weight is 490 g/mol. The summed E-state index contributed by atoms with van der Waals surface area (Å²) in [5.74, 6) is 0.687. The Balaban J connectivity index is 1.46. The van der Waals surface area contributed by atoms with Crippen molar-refractivity contribution >= 4 is 29.0 Å². The minimum absolute atomic E-state index is 0.0812. The molecule has 1 N–H and O–H groups in total. The first-order chi connectivity index (χ1) is 17.0. The lowest BCUT2D eigenvalue weighted by Crippen LogP contribution is -2.18. The van der Waals surface area contributed by atoms with Crippen LogP contribution in [0.15, 0.2) is 76.5 Å². The molecule has 35 heavy (non-hydrogen) atoms. The van der Waals surface area contributed by atoms with Gasteiger partial charge in [0.25, 0.3) is 11.6 Å². The van der Waals surface area contributed by atoms with Crippen molar-refractivity contribution in [2.75, 3.05) is 18.5 Å². The van der Waals surface area contributed by atoms with Crippen molar-refractivity contribution in [1.29, 1.82) is 0 Å². The van der Waals surface area contributed by atoms with Crippen LogP contribution in [-0.2, 0) is 0 Å². The standard InChI is InChI=1S/C24H19N5O5S/c1-15-23(26-27-28(15)16-6-5-7-17(12-16)29(31)32)24(30)25-19-13-20-21(34-11-10-33-20)14-22(19)35-18-8-3-2-4-9-18/h2-9,12-14H,10-11H2,1H3,(H,25,30). The summed E-state index contributed by atoms with van der Waals surface area (Å²) >= 11 is 1.48. The molecule has 3 aromatic carbocycles. The largest absolute Gasteiger partial charge is 0.486 e. The zero-order chi connectivity index (χ0) is 24.4. The van der Waals surface area contributed by atoms with Gasteiger partial charge in [-0.3, -0.25) is 14.9 Å². The number of carbonyl (C=O) groups is 1. The molecule has 1 aromatic heterocycles. The number of nitrogens with one attached hydrogen (secondary N) is 1. The van der Waals surface area contributed by atoms with Gasteiger partial charge in [-0.1, -0.05) is 41.2 Å². The van der Waals surface area contributed by atoms with E-state index < -0.39 is 10.8 Å². The maximum Gasteiger partial charge on any atom is 0.278 e. The molecule has 176 valence electrons. The lowest BCUT2D eigenvalue weighted by atomic mass is 10.2. The predicted octanol–water partition coefficient (Wildman–Crippen LogP) is 4.66. The highest BCUT2D eigenvalue weighted by Gasteiger charge is 2.22. The van der Waals surface area contributed by atoms with Crippen molar-refractivity contribution in [3.63, 3.8) is 0 Å². The van der Waals surface area contributed by atoms with Gasteiger partial charge in [-0.2, -0.15) is 0 Å². The molecule has 1 aliphatic heterocycles. The van der Waals surface area contributed by atoms with Crippen LogP contribution in [-0.4, -0.2) is 39.0 Å². The van der Waals surface area contributed by atoms with Gasteiger partial charge in [0.1, 0.15) is 13.2 Å². The van der Waals surface area contributed by atoms with Crippen molar-refractivity contribution in [3.05, 3.63) is 88.2 Å². The zero-order valence-electron chi connectivity index (χ0n) is 18.5.